The first-order chi connectivity index (χ1) is 10.7. The van der Waals surface area contributed by atoms with Gasteiger partial charge in [-0.25, -0.2) is 0 Å². The van der Waals surface area contributed by atoms with E-state index in [1.165, 1.54) is 16.3 Å². The van der Waals surface area contributed by atoms with Gasteiger partial charge in [0.2, 0.25) is 5.91 Å². The van der Waals surface area contributed by atoms with E-state index in [0.29, 0.717) is 0 Å². The van der Waals surface area contributed by atoms with Crippen LogP contribution in [0, 0.1) is 5.92 Å². The molecule has 1 saturated heterocycles. The zero-order chi connectivity index (χ0) is 15.5. The summed E-state index contributed by atoms with van der Waals surface area (Å²) in [5.74, 6) is 0.684. The van der Waals surface area contributed by atoms with Crippen LogP contribution in [0.2, 0.25) is 0 Å². The van der Waals surface area contributed by atoms with Crippen molar-refractivity contribution in [1.29, 1.82) is 0 Å². The first-order valence-electron chi connectivity index (χ1n) is 7.75. The molecular formula is C18H22N2O2. The molecule has 4 nitrogen and oxygen atoms in total. The number of hydrogen-bond acceptors (Lipinski definition) is 3. The maximum atomic E-state index is 11.5. The van der Waals surface area contributed by atoms with Gasteiger partial charge in [-0.3, -0.25) is 9.69 Å². The standard InChI is InChI=1S/C18H22N2O2/c1-22-17-9-8-13-5-2-3-7-15(13)16(17)12-20-10-4-6-14(11-20)18(19)21/h2-3,5,7-9,14H,4,6,10-12H2,1H3,(H2,19,21)/t14-/m0/s1. The molecule has 1 aliphatic heterocycles. The minimum atomic E-state index is -0.186. The van der Waals surface area contributed by atoms with Gasteiger partial charge < -0.3 is 10.5 Å². The molecule has 0 aromatic heterocycles. The SMILES string of the molecule is COc1ccc2ccccc2c1CN1CCC[C@H](C(N)=O)C1. The zero-order valence-corrected chi connectivity index (χ0v) is 12.9. The number of likely N-dealkylation sites (tertiary alicyclic amines) is 1. The van der Waals surface area contributed by atoms with E-state index in [0.717, 1.165) is 38.2 Å². The number of rotatable bonds is 4. The van der Waals surface area contributed by atoms with Crippen LogP contribution in [0.25, 0.3) is 10.8 Å². The molecule has 2 N–H and O–H groups in total. The summed E-state index contributed by atoms with van der Waals surface area (Å²) in [5.41, 5.74) is 6.66. The lowest BCUT2D eigenvalue weighted by atomic mass is 9.96. The Hall–Kier alpha value is -2.07. The summed E-state index contributed by atoms with van der Waals surface area (Å²) in [7, 11) is 1.70. The summed E-state index contributed by atoms with van der Waals surface area (Å²) in [6.45, 7) is 2.52. The average Bonchev–Trinajstić information content (AvgIpc) is 2.55. The van der Waals surface area contributed by atoms with Gasteiger partial charge in [-0.15, -0.1) is 0 Å². The Bertz CT molecular complexity index is 684. The third-order valence-corrected chi connectivity index (χ3v) is 4.51. The molecule has 1 amide bonds. The molecule has 3 rings (SSSR count). The van der Waals surface area contributed by atoms with E-state index in [4.69, 9.17) is 10.5 Å². The number of piperidine rings is 1. The number of nitrogens with zero attached hydrogens (tertiary/aromatic N) is 1. The normalized spacial score (nSPS) is 19.2. The number of ether oxygens (including phenoxy) is 1. The van der Waals surface area contributed by atoms with Gasteiger partial charge in [-0.2, -0.15) is 0 Å². The molecular weight excluding hydrogens is 276 g/mol. The van der Waals surface area contributed by atoms with Gasteiger partial charge in [0.15, 0.2) is 0 Å². The highest BCUT2D eigenvalue weighted by molar-refractivity contribution is 5.87. The number of fused-ring (bicyclic) bond motifs is 1. The third kappa shape index (κ3) is 2.92. The first kappa shape index (κ1) is 14.9. The van der Waals surface area contributed by atoms with Crippen molar-refractivity contribution in [2.75, 3.05) is 20.2 Å². The van der Waals surface area contributed by atoms with E-state index < -0.39 is 0 Å². The van der Waals surface area contributed by atoms with Crippen molar-refractivity contribution in [3.8, 4) is 5.75 Å². The quantitative estimate of drug-likeness (QED) is 0.943. The van der Waals surface area contributed by atoms with Gasteiger partial charge in [-0.1, -0.05) is 30.3 Å². The molecule has 0 unspecified atom stereocenters. The largest absolute Gasteiger partial charge is 0.496 e. The van der Waals surface area contributed by atoms with Crippen LogP contribution in [-0.2, 0) is 11.3 Å². The van der Waals surface area contributed by atoms with E-state index in [1.807, 2.05) is 18.2 Å². The fourth-order valence-electron chi connectivity index (χ4n) is 3.33. The summed E-state index contributed by atoms with van der Waals surface area (Å²) in [6, 6.07) is 12.4. The molecule has 1 atom stereocenters. The molecule has 0 saturated carbocycles. The predicted octanol–water partition coefficient (Wildman–Crippen LogP) is 2.55. The summed E-state index contributed by atoms with van der Waals surface area (Å²) in [6.07, 6.45) is 1.92. The minimum Gasteiger partial charge on any atom is -0.496 e. The second-order valence-electron chi connectivity index (χ2n) is 5.94. The Morgan fingerprint density at radius 2 is 2.14 bits per heavy atom. The Kier molecular flexibility index (Phi) is 4.29. The molecule has 0 radical (unpaired) electrons. The van der Waals surface area contributed by atoms with E-state index in [-0.39, 0.29) is 11.8 Å². The van der Waals surface area contributed by atoms with Crippen LogP contribution in [0.5, 0.6) is 5.75 Å². The monoisotopic (exact) mass is 298 g/mol. The Morgan fingerprint density at radius 3 is 2.91 bits per heavy atom. The number of primary amides is 1. The van der Waals surface area contributed by atoms with E-state index in [2.05, 4.69) is 23.1 Å². The molecule has 22 heavy (non-hydrogen) atoms. The molecule has 1 heterocycles. The maximum Gasteiger partial charge on any atom is 0.221 e. The number of methoxy groups -OCH3 is 1. The summed E-state index contributed by atoms with van der Waals surface area (Å²) < 4.78 is 5.55. The highest BCUT2D eigenvalue weighted by atomic mass is 16.5. The maximum absolute atomic E-state index is 11.5. The van der Waals surface area contributed by atoms with Gasteiger partial charge in [0.1, 0.15) is 5.75 Å². The van der Waals surface area contributed by atoms with Crippen LogP contribution in [0.4, 0.5) is 0 Å². The number of nitrogens with two attached hydrogens (primary N) is 1. The highest BCUT2D eigenvalue weighted by Crippen LogP contribution is 2.30. The van der Waals surface area contributed by atoms with Crippen LogP contribution in [0.1, 0.15) is 18.4 Å². The number of carbonyl (C=O) groups is 1. The predicted molar refractivity (Wildman–Crippen MR) is 87.7 cm³/mol. The smallest absolute Gasteiger partial charge is 0.221 e. The molecule has 1 fully saturated rings. The van der Waals surface area contributed by atoms with E-state index >= 15 is 0 Å². The van der Waals surface area contributed by atoms with Crippen LogP contribution >= 0.6 is 0 Å². The van der Waals surface area contributed by atoms with Crippen LogP contribution in [0.3, 0.4) is 0 Å². The van der Waals surface area contributed by atoms with Crippen molar-refractivity contribution in [1.82, 2.24) is 4.90 Å². The fraction of sp³-hybridized carbons (Fsp3) is 0.389. The van der Waals surface area contributed by atoms with Gasteiger partial charge in [0.25, 0.3) is 0 Å². The van der Waals surface area contributed by atoms with Crippen molar-refractivity contribution in [2.24, 2.45) is 11.7 Å². The second kappa shape index (κ2) is 6.36. The number of hydrogen-bond donors (Lipinski definition) is 1. The Morgan fingerprint density at radius 1 is 1.32 bits per heavy atom. The van der Waals surface area contributed by atoms with Gasteiger partial charge in [0.05, 0.1) is 13.0 Å². The molecule has 1 aliphatic rings. The third-order valence-electron chi connectivity index (χ3n) is 4.51. The lowest BCUT2D eigenvalue weighted by molar-refractivity contribution is -0.123. The second-order valence-corrected chi connectivity index (χ2v) is 5.94. The van der Waals surface area contributed by atoms with Gasteiger partial charge in [0, 0.05) is 18.7 Å². The van der Waals surface area contributed by atoms with Gasteiger partial charge >= 0.3 is 0 Å². The summed E-state index contributed by atoms with van der Waals surface area (Å²) in [5, 5.41) is 2.42. The molecule has 2 aromatic rings. The highest BCUT2D eigenvalue weighted by Gasteiger charge is 2.25. The molecule has 4 heteroatoms. The summed E-state index contributed by atoms with van der Waals surface area (Å²) in [4.78, 5) is 13.8. The van der Waals surface area contributed by atoms with Crippen molar-refractivity contribution >= 4 is 16.7 Å². The minimum absolute atomic E-state index is 0.0327. The zero-order valence-electron chi connectivity index (χ0n) is 12.9. The fourth-order valence-corrected chi connectivity index (χ4v) is 3.33. The van der Waals surface area contributed by atoms with Crippen molar-refractivity contribution in [2.45, 2.75) is 19.4 Å². The Balaban J connectivity index is 1.90. The lowest BCUT2D eigenvalue weighted by Gasteiger charge is -2.31. The molecule has 116 valence electrons. The van der Waals surface area contributed by atoms with Crippen molar-refractivity contribution in [3.63, 3.8) is 0 Å². The summed E-state index contributed by atoms with van der Waals surface area (Å²) >= 11 is 0. The molecule has 0 aliphatic carbocycles. The molecule has 0 spiro atoms. The van der Waals surface area contributed by atoms with E-state index in [1.54, 1.807) is 7.11 Å². The van der Waals surface area contributed by atoms with Gasteiger partial charge in [-0.05, 0) is 36.2 Å². The molecule has 2 aromatic carbocycles. The number of amides is 1. The van der Waals surface area contributed by atoms with Crippen molar-refractivity contribution < 1.29 is 9.53 Å². The van der Waals surface area contributed by atoms with Crippen LogP contribution in [0.15, 0.2) is 36.4 Å². The average molecular weight is 298 g/mol. The first-order valence-corrected chi connectivity index (χ1v) is 7.75. The Labute approximate surface area is 130 Å². The van der Waals surface area contributed by atoms with E-state index in [9.17, 15) is 4.79 Å². The lowest BCUT2D eigenvalue weighted by Crippen LogP contribution is -2.40. The van der Waals surface area contributed by atoms with Crippen molar-refractivity contribution in [3.05, 3.63) is 42.0 Å². The molecule has 0 bridgehead atoms. The van der Waals surface area contributed by atoms with Crippen LogP contribution < -0.4 is 10.5 Å². The topological polar surface area (TPSA) is 55.6 Å². The van der Waals surface area contributed by atoms with Crippen LogP contribution in [-0.4, -0.2) is 31.0 Å². The number of carbonyl (C=O) groups excluding carboxylic acids is 1. The number of benzene rings is 2.